The number of anilines is 1. The minimum absolute atomic E-state index is 0.167. The van der Waals surface area contributed by atoms with Crippen LogP contribution in [0.1, 0.15) is 12.5 Å². The van der Waals surface area contributed by atoms with Crippen molar-refractivity contribution in [3.8, 4) is 0 Å². The summed E-state index contributed by atoms with van der Waals surface area (Å²) in [4.78, 5) is 10.5. The van der Waals surface area contributed by atoms with Crippen LogP contribution in [0.15, 0.2) is 18.2 Å². The number of halogens is 1. The number of carboxylic acid groups (broad SMARTS) is 1. The number of hydrogen-bond acceptors (Lipinski definition) is 2. The fraction of sp³-hybridized carbons (Fsp3) is 0.300. The summed E-state index contributed by atoms with van der Waals surface area (Å²) >= 11 is 0. The van der Waals surface area contributed by atoms with Gasteiger partial charge in [-0.3, -0.25) is 4.79 Å². The Labute approximate surface area is 81.6 Å². The van der Waals surface area contributed by atoms with Gasteiger partial charge in [0.2, 0.25) is 0 Å². The molecule has 0 saturated carbocycles. The van der Waals surface area contributed by atoms with Crippen molar-refractivity contribution >= 4 is 11.7 Å². The van der Waals surface area contributed by atoms with Crippen LogP contribution in [0.4, 0.5) is 10.1 Å². The van der Waals surface area contributed by atoms with E-state index in [1.165, 1.54) is 12.1 Å². The Morgan fingerprint density at radius 3 is 2.86 bits per heavy atom. The normalized spacial score (nSPS) is 9.86. The number of carbonyl (C=O) groups is 1. The van der Waals surface area contributed by atoms with E-state index >= 15 is 0 Å². The molecule has 0 aliphatic heterocycles. The second-order valence-corrected chi connectivity index (χ2v) is 2.90. The van der Waals surface area contributed by atoms with E-state index < -0.39 is 11.8 Å². The number of hydrogen-bond donors (Lipinski definition) is 2. The fourth-order valence-electron chi connectivity index (χ4n) is 1.23. The van der Waals surface area contributed by atoms with Crippen LogP contribution in [0.25, 0.3) is 0 Å². The van der Waals surface area contributed by atoms with Crippen molar-refractivity contribution in [2.75, 3.05) is 11.9 Å². The first-order chi connectivity index (χ1) is 6.63. The van der Waals surface area contributed by atoms with Gasteiger partial charge < -0.3 is 10.4 Å². The molecule has 1 aromatic carbocycles. The third-order valence-corrected chi connectivity index (χ3v) is 1.78. The Morgan fingerprint density at radius 2 is 2.29 bits per heavy atom. The Hall–Kier alpha value is -1.58. The quantitative estimate of drug-likeness (QED) is 0.774. The molecule has 4 heteroatoms. The van der Waals surface area contributed by atoms with E-state index in [4.69, 9.17) is 5.11 Å². The molecule has 0 radical (unpaired) electrons. The Kier molecular flexibility index (Phi) is 3.45. The van der Waals surface area contributed by atoms with Gasteiger partial charge in [0.05, 0.1) is 6.42 Å². The SMILES string of the molecule is CCNc1ccc(F)cc1CC(=O)O. The molecule has 0 bridgehead atoms. The van der Waals surface area contributed by atoms with Crippen molar-refractivity contribution in [1.82, 2.24) is 0 Å². The number of benzene rings is 1. The third-order valence-electron chi connectivity index (χ3n) is 1.78. The van der Waals surface area contributed by atoms with Gasteiger partial charge in [0.15, 0.2) is 0 Å². The van der Waals surface area contributed by atoms with E-state index in [0.29, 0.717) is 17.8 Å². The molecule has 0 amide bonds. The van der Waals surface area contributed by atoms with Gasteiger partial charge in [-0.1, -0.05) is 0 Å². The molecule has 0 aliphatic carbocycles. The van der Waals surface area contributed by atoms with Crippen molar-refractivity contribution in [3.63, 3.8) is 0 Å². The largest absolute Gasteiger partial charge is 0.481 e. The molecule has 0 heterocycles. The van der Waals surface area contributed by atoms with Crippen LogP contribution in [0.5, 0.6) is 0 Å². The summed E-state index contributed by atoms with van der Waals surface area (Å²) in [6, 6.07) is 4.10. The highest BCUT2D eigenvalue weighted by atomic mass is 19.1. The van der Waals surface area contributed by atoms with Crippen LogP contribution >= 0.6 is 0 Å². The Morgan fingerprint density at radius 1 is 1.57 bits per heavy atom. The summed E-state index contributed by atoms with van der Waals surface area (Å²) in [7, 11) is 0. The maximum absolute atomic E-state index is 12.8. The lowest BCUT2D eigenvalue weighted by Gasteiger charge is -2.08. The lowest BCUT2D eigenvalue weighted by Crippen LogP contribution is -2.06. The summed E-state index contributed by atoms with van der Waals surface area (Å²) in [5.74, 6) is -1.38. The minimum atomic E-state index is -0.963. The zero-order valence-corrected chi connectivity index (χ0v) is 7.88. The number of aliphatic carboxylic acids is 1. The summed E-state index contributed by atoms with van der Waals surface area (Å²) in [6.07, 6.45) is -0.167. The fourth-order valence-corrected chi connectivity index (χ4v) is 1.23. The van der Waals surface area contributed by atoms with Crippen molar-refractivity contribution < 1.29 is 14.3 Å². The molecule has 0 atom stereocenters. The molecule has 0 fully saturated rings. The second-order valence-electron chi connectivity index (χ2n) is 2.90. The van der Waals surface area contributed by atoms with Crippen LogP contribution in [0, 0.1) is 5.82 Å². The van der Waals surface area contributed by atoms with Crippen LogP contribution in [0.2, 0.25) is 0 Å². The van der Waals surface area contributed by atoms with Crippen LogP contribution in [0.3, 0.4) is 0 Å². The molecule has 1 rings (SSSR count). The number of nitrogens with one attached hydrogen (secondary N) is 1. The molecule has 14 heavy (non-hydrogen) atoms. The highest BCUT2D eigenvalue weighted by molar-refractivity contribution is 5.73. The predicted molar refractivity (Wildman–Crippen MR) is 51.9 cm³/mol. The van der Waals surface area contributed by atoms with Crippen LogP contribution < -0.4 is 5.32 Å². The molecule has 1 aromatic rings. The van der Waals surface area contributed by atoms with E-state index in [2.05, 4.69) is 5.32 Å². The van der Waals surface area contributed by atoms with E-state index in [1.54, 1.807) is 6.07 Å². The number of rotatable bonds is 4. The summed E-state index contributed by atoms with van der Waals surface area (Å²) in [5.41, 5.74) is 1.15. The van der Waals surface area contributed by atoms with Gasteiger partial charge in [-0.05, 0) is 30.7 Å². The van der Waals surface area contributed by atoms with Gasteiger partial charge in [0.25, 0.3) is 0 Å². The first kappa shape index (κ1) is 10.5. The van der Waals surface area contributed by atoms with E-state index in [0.717, 1.165) is 0 Å². The summed E-state index contributed by atoms with van der Waals surface area (Å²) in [6.45, 7) is 2.58. The van der Waals surface area contributed by atoms with Crippen molar-refractivity contribution in [2.45, 2.75) is 13.3 Å². The van der Waals surface area contributed by atoms with Gasteiger partial charge in [-0.25, -0.2) is 4.39 Å². The highest BCUT2D eigenvalue weighted by Crippen LogP contribution is 2.17. The topological polar surface area (TPSA) is 49.3 Å². The third kappa shape index (κ3) is 2.73. The maximum atomic E-state index is 12.8. The number of carboxylic acids is 1. The smallest absolute Gasteiger partial charge is 0.307 e. The zero-order chi connectivity index (χ0) is 10.6. The lowest BCUT2D eigenvalue weighted by molar-refractivity contribution is -0.136. The molecule has 0 spiro atoms. The predicted octanol–water partition coefficient (Wildman–Crippen LogP) is 1.88. The average Bonchev–Trinajstić information content (AvgIpc) is 2.09. The molecule has 76 valence electrons. The first-order valence-corrected chi connectivity index (χ1v) is 4.37. The Bertz CT molecular complexity index is 339. The summed E-state index contributed by atoms with van der Waals surface area (Å²) < 4.78 is 12.8. The molecule has 0 aromatic heterocycles. The van der Waals surface area contributed by atoms with Crippen LogP contribution in [-0.4, -0.2) is 17.6 Å². The van der Waals surface area contributed by atoms with E-state index in [-0.39, 0.29) is 6.42 Å². The molecular weight excluding hydrogens is 185 g/mol. The highest BCUT2D eigenvalue weighted by Gasteiger charge is 2.07. The summed E-state index contributed by atoms with van der Waals surface area (Å²) in [5, 5.41) is 11.6. The van der Waals surface area contributed by atoms with Crippen molar-refractivity contribution in [2.24, 2.45) is 0 Å². The van der Waals surface area contributed by atoms with Gasteiger partial charge in [-0.15, -0.1) is 0 Å². The van der Waals surface area contributed by atoms with Gasteiger partial charge in [-0.2, -0.15) is 0 Å². The van der Waals surface area contributed by atoms with Crippen LogP contribution in [-0.2, 0) is 11.2 Å². The van der Waals surface area contributed by atoms with E-state index in [1.807, 2.05) is 6.92 Å². The zero-order valence-electron chi connectivity index (χ0n) is 7.88. The van der Waals surface area contributed by atoms with Crippen molar-refractivity contribution in [3.05, 3.63) is 29.6 Å². The minimum Gasteiger partial charge on any atom is -0.481 e. The average molecular weight is 197 g/mol. The first-order valence-electron chi connectivity index (χ1n) is 4.37. The van der Waals surface area contributed by atoms with Gasteiger partial charge in [0.1, 0.15) is 5.82 Å². The molecule has 3 nitrogen and oxygen atoms in total. The molecular formula is C10H12FNO2. The molecule has 0 saturated heterocycles. The van der Waals surface area contributed by atoms with Gasteiger partial charge in [0, 0.05) is 12.2 Å². The van der Waals surface area contributed by atoms with Crippen molar-refractivity contribution in [1.29, 1.82) is 0 Å². The standard InChI is InChI=1S/C10H12FNO2/c1-2-12-9-4-3-8(11)5-7(9)6-10(13)14/h3-5,12H,2,6H2,1H3,(H,13,14). The Balaban J connectivity index is 2.96. The second kappa shape index (κ2) is 4.60. The van der Waals surface area contributed by atoms with E-state index in [9.17, 15) is 9.18 Å². The molecule has 0 aliphatic rings. The lowest BCUT2D eigenvalue weighted by atomic mass is 10.1. The molecule has 2 N–H and O–H groups in total. The van der Waals surface area contributed by atoms with Gasteiger partial charge >= 0.3 is 5.97 Å². The monoisotopic (exact) mass is 197 g/mol. The molecule has 0 unspecified atom stereocenters. The maximum Gasteiger partial charge on any atom is 0.307 e.